The van der Waals surface area contributed by atoms with Crippen LogP contribution < -0.4 is 0 Å². The van der Waals surface area contributed by atoms with Crippen LogP contribution in [0, 0.1) is 6.92 Å². The van der Waals surface area contributed by atoms with Gasteiger partial charge in [0, 0.05) is 26.8 Å². The first-order valence-corrected chi connectivity index (χ1v) is 12.8. The summed E-state index contributed by atoms with van der Waals surface area (Å²) in [5.41, 5.74) is 1.31. The highest BCUT2D eigenvalue weighted by Crippen LogP contribution is 2.35. The number of carbonyl (C=O) groups excluding carboxylic acids is 1. The van der Waals surface area contributed by atoms with E-state index in [1.807, 2.05) is 6.07 Å². The van der Waals surface area contributed by atoms with Crippen molar-refractivity contribution in [2.24, 2.45) is 0 Å². The molecule has 0 saturated heterocycles. The van der Waals surface area contributed by atoms with Gasteiger partial charge in [-0.3, -0.25) is 4.79 Å². The molecule has 0 aliphatic rings. The van der Waals surface area contributed by atoms with Gasteiger partial charge in [-0.1, -0.05) is 54.1 Å². The molecule has 4 aromatic rings. The minimum Gasteiger partial charge on any atom is -0.480 e. The van der Waals surface area contributed by atoms with Gasteiger partial charge in [0.2, 0.25) is 0 Å². The number of carboxylic acid groups (broad SMARTS) is 1. The molecule has 1 unspecified atom stereocenters. The molecule has 1 atom stereocenters. The summed E-state index contributed by atoms with van der Waals surface area (Å²) >= 11 is 7.28. The molecule has 9 heteroatoms. The van der Waals surface area contributed by atoms with Crippen molar-refractivity contribution in [3.8, 4) is 10.4 Å². The van der Waals surface area contributed by atoms with Crippen LogP contribution in [0.1, 0.15) is 31.9 Å². The molecule has 0 spiro atoms. The standard InChI is InChI=1S/C29H23ClF3NO3S/c1-18-14-22(30)10-12-24(18)27(35)34(25(28(36)37)15-19-6-3-2-4-7-19)17-23-11-13-26(38-23)20-8-5-9-21(16-20)29(31,32)33/h2-14,16,25H,15,17H2,1H3,(H,36,37). The molecule has 0 saturated carbocycles. The van der Waals surface area contributed by atoms with Gasteiger partial charge in [0.15, 0.2) is 0 Å². The second-order valence-corrected chi connectivity index (χ2v) is 10.4. The third kappa shape index (κ3) is 6.44. The number of hydrogen-bond donors (Lipinski definition) is 1. The predicted molar refractivity (Wildman–Crippen MR) is 142 cm³/mol. The SMILES string of the molecule is Cc1cc(Cl)ccc1C(=O)N(Cc1ccc(-c2cccc(C(F)(F)F)c2)s1)C(Cc1ccccc1)C(=O)O. The van der Waals surface area contributed by atoms with Crippen molar-refractivity contribution in [2.75, 3.05) is 0 Å². The Balaban J connectivity index is 1.70. The fraction of sp³-hybridized carbons (Fsp3) is 0.172. The first-order valence-electron chi connectivity index (χ1n) is 11.6. The fourth-order valence-electron chi connectivity index (χ4n) is 4.15. The third-order valence-electron chi connectivity index (χ3n) is 6.08. The molecular formula is C29H23ClF3NO3S. The summed E-state index contributed by atoms with van der Waals surface area (Å²) in [5.74, 6) is -1.64. The van der Waals surface area contributed by atoms with Crippen LogP contribution in [0.2, 0.25) is 5.02 Å². The molecule has 4 rings (SSSR count). The van der Waals surface area contributed by atoms with Gasteiger partial charge in [-0.15, -0.1) is 11.3 Å². The molecule has 38 heavy (non-hydrogen) atoms. The molecule has 0 aliphatic carbocycles. The van der Waals surface area contributed by atoms with Crippen molar-refractivity contribution < 1.29 is 27.9 Å². The van der Waals surface area contributed by atoms with E-state index in [1.165, 1.54) is 22.3 Å². The molecule has 1 heterocycles. The number of aryl methyl sites for hydroxylation is 1. The highest BCUT2D eigenvalue weighted by molar-refractivity contribution is 7.15. The highest BCUT2D eigenvalue weighted by atomic mass is 35.5. The van der Waals surface area contributed by atoms with E-state index in [1.54, 1.807) is 67.6 Å². The zero-order valence-corrected chi connectivity index (χ0v) is 21.8. The average Bonchev–Trinajstić information content (AvgIpc) is 3.34. The Morgan fingerprint density at radius 2 is 1.71 bits per heavy atom. The number of carboxylic acids is 1. The van der Waals surface area contributed by atoms with E-state index in [0.717, 1.165) is 17.7 Å². The molecule has 196 valence electrons. The van der Waals surface area contributed by atoms with Crippen LogP contribution in [0.4, 0.5) is 13.2 Å². The third-order valence-corrected chi connectivity index (χ3v) is 7.43. The Hall–Kier alpha value is -3.62. The van der Waals surface area contributed by atoms with Crippen LogP contribution in [0.3, 0.4) is 0 Å². The van der Waals surface area contributed by atoms with Crippen molar-refractivity contribution in [1.82, 2.24) is 4.90 Å². The molecule has 3 aromatic carbocycles. The van der Waals surface area contributed by atoms with Crippen LogP contribution in [0.5, 0.6) is 0 Å². The quantitative estimate of drug-likeness (QED) is 0.241. The van der Waals surface area contributed by atoms with Crippen molar-refractivity contribution in [2.45, 2.75) is 32.1 Å². The summed E-state index contributed by atoms with van der Waals surface area (Å²) < 4.78 is 39.6. The van der Waals surface area contributed by atoms with E-state index in [4.69, 9.17) is 11.6 Å². The molecule has 0 bridgehead atoms. The lowest BCUT2D eigenvalue weighted by Crippen LogP contribution is -2.46. The molecule has 0 aliphatic heterocycles. The van der Waals surface area contributed by atoms with Gasteiger partial charge in [-0.25, -0.2) is 4.79 Å². The first-order chi connectivity index (χ1) is 18.0. The van der Waals surface area contributed by atoms with Crippen molar-refractivity contribution in [1.29, 1.82) is 0 Å². The van der Waals surface area contributed by atoms with E-state index < -0.39 is 29.7 Å². The van der Waals surface area contributed by atoms with Gasteiger partial charge in [0.25, 0.3) is 5.91 Å². The lowest BCUT2D eigenvalue weighted by Gasteiger charge is -2.29. The van der Waals surface area contributed by atoms with E-state index in [-0.39, 0.29) is 13.0 Å². The van der Waals surface area contributed by atoms with Crippen LogP contribution in [0.25, 0.3) is 10.4 Å². The Labute approximate surface area is 226 Å². The van der Waals surface area contributed by atoms with Crippen molar-refractivity contribution in [3.63, 3.8) is 0 Å². The maximum absolute atomic E-state index is 13.7. The van der Waals surface area contributed by atoms with Crippen molar-refractivity contribution >= 4 is 34.8 Å². The van der Waals surface area contributed by atoms with E-state index in [9.17, 15) is 27.9 Å². The number of alkyl halides is 3. The second kappa shape index (κ2) is 11.4. The largest absolute Gasteiger partial charge is 0.480 e. The zero-order valence-electron chi connectivity index (χ0n) is 20.2. The molecule has 1 aromatic heterocycles. The number of benzene rings is 3. The van der Waals surface area contributed by atoms with E-state index in [2.05, 4.69) is 0 Å². The van der Waals surface area contributed by atoms with Gasteiger partial charge >= 0.3 is 12.1 Å². The molecule has 0 fully saturated rings. The topological polar surface area (TPSA) is 57.6 Å². The highest BCUT2D eigenvalue weighted by Gasteiger charge is 2.33. The first kappa shape index (κ1) is 27.4. The maximum Gasteiger partial charge on any atom is 0.416 e. The Morgan fingerprint density at radius 3 is 2.37 bits per heavy atom. The number of rotatable bonds is 8. The van der Waals surface area contributed by atoms with Gasteiger partial charge < -0.3 is 10.0 Å². The Morgan fingerprint density at radius 1 is 0.974 bits per heavy atom. The fourth-order valence-corrected chi connectivity index (χ4v) is 5.38. The van der Waals surface area contributed by atoms with E-state index >= 15 is 0 Å². The van der Waals surface area contributed by atoms with Gasteiger partial charge in [-0.05, 0) is 66.1 Å². The van der Waals surface area contributed by atoms with E-state index in [0.29, 0.717) is 31.5 Å². The number of halogens is 4. The summed E-state index contributed by atoms with van der Waals surface area (Å²) in [7, 11) is 0. The zero-order chi connectivity index (χ0) is 27.4. The Kier molecular flexibility index (Phi) is 8.23. The second-order valence-electron chi connectivity index (χ2n) is 8.78. The van der Waals surface area contributed by atoms with Crippen LogP contribution in [-0.2, 0) is 23.9 Å². The molecular weight excluding hydrogens is 535 g/mol. The maximum atomic E-state index is 13.7. The summed E-state index contributed by atoms with van der Waals surface area (Å²) in [6.45, 7) is 1.69. The van der Waals surface area contributed by atoms with Crippen LogP contribution in [-0.4, -0.2) is 27.9 Å². The number of hydrogen-bond acceptors (Lipinski definition) is 3. The van der Waals surface area contributed by atoms with Crippen LogP contribution >= 0.6 is 22.9 Å². The normalized spacial score (nSPS) is 12.2. The number of amides is 1. The molecule has 0 radical (unpaired) electrons. The lowest BCUT2D eigenvalue weighted by atomic mass is 10.0. The average molecular weight is 558 g/mol. The number of thiophene rings is 1. The summed E-state index contributed by atoms with van der Waals surface area (Å²) in [4.78, 5) is 28.7. The number of nitrogens with zero attached hydrogens (tertiary/aromatic N) is 1. The smallest absolute Gasteiger partial charge is 0.416 e. The molecule has 1 amide bonds. The van der Waals surface area contributed by atoms with Crippen molar-refractivity contribution in [3.05, 3.63) is 117 Å². The minimum atomic E-state index is -4.47. The summed E-state index contributed by atoms with van der Waals surface area (Å²) in [6.07, 6.45) is -4.39. The molecule has 1 N–H and O–H groups in total. The lowest BCUT2D eigenvalue weighted by molar-refractivity contribution is -0.142. The van der Waals surface area contributed by atoms with Gasteiger partial charge in [-0.2, -0.15) is 13.2 Å². The number of carbonyl (C=O) groups is 2. The monoisotopic (exact) mass is 557 g/mol. The van der Waals surface area contributed by atoms with Gasteiger partial charge in [0.1, 0.15) is 6.04 Å². The van der Waals surface area contributed by atoms with Crippen LogP contribution in [0.15, 0.2) is 84.9 Å². The number of aliphatic carboxylic acids is 1. The van der Waals surface area contributed by atoms with Gasteiger partial charge in [0.05, 0.1) is 12.1 Å². The Bertz CT molecular complexity index is 1450. The molecule has 4 nitrogen and oxygen atoms in total. The minimum absolute atomic E-state index is 0.0334. The summed E-state index contributed by atoms with van der Waals surface area (Å²) in [6, 6.07) is 21.0. The summed E-state index contributed by atoms with van der Waals surface area (Å²) in [5, 5.41) is 10.6. The predicted octanol–water partition coefficient (Wildman–Crippen LogP) is 7.73.